The van der Waals surface area contributed by atoms with Crippen molar-refractivity contribution in [3.05, 3.63) is 48.3 Å². The van der Waals surface area contributed by atoms with Gasteiger partial charge in [0.2, 0.25) is 0 Å². The second kappa shape index (κ2) is 9.44. The fraction of sp³-hybridized carbons (Fsp3) is 0.294. The molecule has 0 aromatic carbocycles. The topological polar surface area (TPSA) is 120 Å². The van der Waals surface area contributed by atoms with Crippen LogP contribution in [0.5, 0.6) is 5.75 Å². The first kappa shape index (κ1) is 24.6. The van der Waals surface area contributed by atoms with E-state index in [0.29, 0.717) is 6.20 Å². The number of carbonyl (C=O) groups excluding carboxylic acids is 1. The Balaban J connectivity index is 1.77. The zero-order valence-electron chi connectivity index (χ0n) is 16.8. The highest BCUT2D eigenvalue weighted by atomic mass is 19.4. The number of aromatic nitrogens is 6. The van der Waals surface area contributed by atoms with Crippen molar-refractivity contribution < 1.29 is 40.3 Å². The van der Waals surface area contributed by atoms with Gasteiger partial charge in [-0.3, -0.25) is 0 Å². The Labute approximate surface area is 185 Å². The Bertz CT molecular complexity index is 1150. The standard InChI is InChI=1S/C17H13F7N8O2/c1-8(13-28-7-29-32(13)14-26-3-9(18)4-27-14)30-15(33)31-10-5-25-12(17(22,23)24)2-11(10)34-6-16(19,20)21/h2-5,7-8H,6H2,1H3,(H2,30,31,33). The molecule has 0 radical (unpaired) electrons. The van der Waals surface area contributed by atoms with Gasteiger partial charge < -0.3 is 15.4 Å². The molecule has 3 aromatic heterocycles. The summed E-state index contributed by atoms with van der Waals surface area (Å²) in [6, 6.07) is -1.73. The molecule has 10 nitrogen and oxygen atoms in total. The quantitative estimate of drug-likeness (QED) is 0.504. The lowest BCUT2D eigenvalue weighted by molar-refractivity contribution is -0.153. The van der Waals surface area contributed by atoms with Crippen LogP contribution in [0.3, 0.4) is 0 Å². The van der Waals surface area contributed by atoms with Gasteiger partial charge in [0.05, 0.1) is 24.6 Å². The number of carbonyl (C=O) groups is 1. The molecule has 0 bridgehead atoms. The number of alkyl halides is 6. The maximum atomic E-state index is 13.0. The molecule has 0 aliphatic carbocycles. The Kier molecular flexibility index (Phi) is 6.83. The normalized spacial score (nSPS) is 12.8. The third-order valence-electron chi connectivity index (χ3n) is 3.90. The van der Waals surface area contributed by atoms with Gasteiger partial charge in [0.25, 0.3) is 5.95 Å². The molecule has 2 N–H and O–H groups in total. The smallest absolute Gasteiger partial charge is 0.433 e. The first-order valence-electron chi connectivity index (χ1n) is 9.05. The minimum absolute atomic E-state index is 0.0715. The monoisotopic (exact) mass is 494 g/mol. The molecule has 0 aliphatic rings. The fourth-order valence-corrected chi connectivity index (χ4v) is 2.50. The molecular weight excluding hydrogens is 481 g/mol. The Morgan fingerprint density at radius 1 is 1.09 bits per heavy atom. The molecule has 0 spiro atoms. The van der Waals surface area contributed by atoms with Crippen molar-refractivity contribution in [2.75, 3.05) is 11.9 Å². The van der Waals surface area contributed by atoms with Crippen LogP contribution in [0, 0.1) is 5.82 Å². The van der Waals surface area contributed by atoms with Crippen molar-refractivity contribution >= 4 is 11.7 Å². The van der Waals surface area contributed by atoms with E-state index in [1.165, 1.54) is 6.92 Å². The van der Waals surface area contributed by atoms with Crippen LogP contribution in [0.15, 0.2) is 31.0 Å². The second-order valence-corrected chi connectivity index (χ2v) is 6.52. The maximum Gasteiger partial charge on any atom is 0.433 e. The third-order valence-corrected chi connectivity index (χ3v) is 3.90. The van der Waals surface area contributed by atoms with Crippen LogP contribution in [-0.4, -0.2) is 48.5 Å². The van der Waals surface area contributed by atoms with E-state index in [2.05, 4.69) is 40.4 Å². The predicted molar refractivity (Wildman–Crippen MR) is 98.3 cm³/mol. The van der Waals surface area contributed by atoms with E-state index in [1.54, 1.807) is 0 Å². The van der Waals surface area contributed by atoms with E-state index in [1.807, 2.05) is 0 Å². The molecule has 34 heavy (non-hydrogen) atoms. The van der Waals surface area contributed by atoms with Crippen molar-refractivity contribution in [2.24, 2.45) is 0 Å². The summed E-state index contributed by atoms with van der Waals surface area (Å²) >= 11 is 0. The second-order valence-electron chi connectivity index (χ2n) is 6.52. The van der Waals surface area contributed by atoms with Crippen molar-refractivity contribution in [1.82, 2.24) is 35.0 Å². The van der Waals surface area contributed by atoms with Gasteiger partial charge in [-0.1, -0.05) is 0 Å². The summed E-state index contributed by atoms with van der Waals surface area (Å²) in [6.07, 6.45) is -6.45. The number of anilines is 1. The summed E-state index contributed by atoms with van der Waals surface area (Å²) in [6.45, 7) is -0.461. The molecule has 0 saturated carbocycles. The minimum atomic E-state index is -4.96. The first-order chi connectivity index (χ1) is 15.8. The number of hydrogen-bond donors (Lipinski definition) is 2. The predicted octanol–water partition coefficient (Wildman–Crippen LogP) is 3.43. The van der Waals surface area contributed by atoms with E-state index >= 15 is 0 Å². The highest BCUT2D eigenvalue weighted by molar-refractivity contribution is 5.90. The average Bonchev–Trinajstić information content (AvgIpc) is 3.22. The van der Waals surface area contributed by atoms with Gasteiger partial charge in [-0.25, -0.2) is 29.1 Å². The molecule has 182 valence electrons. The van der Waals surface area contributed by atoms with E-state index in [4.69, 9.17) is 0 Å². The highest BCUT2D eigenvalue weighted by Crippen LogP contribution is 2.34. The van der Waals surface area contributed by atoms with Crippen molar-refractivity contribution in [3.63, 3.8) is 0 Å². The largest absolute Gasteiger partial charge is 0.482 e. The van der Waals surface area contributed by atoms with E-state index in [0.717, 1.165) is 23.4 Å². The lowest BCUT2D eigenvalue weighted by atomic mass is 10.3. The minimum Gasteiger partial charge on any atom is -0.482 e. The Morgan fingerprint density at radius 2 is 1.76 bits per heavy atom. The van der Waals surface area contributed by atoms with Crippen LogP contribution in [0.4, 0.5) is 41.2 Å². The third kappa shape index (κ3) is 6.26. The first-order valence-corrected chi connectivity index (χ1v) is 9.05. The molecule has 1 unspecified atom stereocenters. The summed E-state index contributed by atoms with van der Waals surface area (Å²) in [5.41, 5.74) is -2.07. The van der Waals surface area contributed by atoms with Gasteiger partial charge in [-0.15, -0.1) is 0 Å². The molecule has 0 aliphatic heterocycles. The summed E-state index contributed by atoms with van der Waals surface area (Å²) < 4.78 is 94.6. The van der Waals surface area contributed by atoms with Crippen molar-refractivity contribution in [1.29, 1.82) is 0 Å². The van der Waals surface area contributed by atoms with E-state index in [-0.39, 0.29) is 17.8 Å². The number of pyridine rings is 1. The van der Waals surface area contributed by atoms with Gasteiger partial charge in [-0.2, -0.15) is 36.1 Å². The van der Waals surface area contributed by atoms with Crippen LogP contribution in [-0.2, 0) is 6.18 Å². The number of hydrogen-bond acceptors (Lipinski definition) is 7. The summed E-state index contributed by atoms with van der Waals surface area (Å²) in [5, 5.41) is 8.31. The highest BCUT2D eigenvalue weighted by Gasteiger charge is 2.35. The maximum absolute atomic E-state index is 13.0. The van der Waals surface area contributed by atoms with Gasteiger partial charge in [0.1, 0.15) is 23.5 Å². The lowest BCUT2D eigenvalue weighted by Gasteiger charge is -2.17. The molecule has 1 atom stereocenters. The zero-order chi connectivity index (χ0) is 25.1. The van der Waals surface area contributed by atoms with Crippen LogP contribution < -0.4 is 15.4 Å². The summed E-state index contributed by atoms with van der Waals surface area (Å²) in [5.74, 6) is -1.59. The number of nitrogens with one attached hydrogen (secondary N) is 2. The molecule has 0 fully saturated rings. The van der Waals surface area contributed by atoms with E-state index < -0.39 is 54.0 Å². The molecule has 0 saturated heterocycles. The van der Waals surface area contributed by atoms with Crippen molar-refractivity contribution in [3.8, 4) is 11.7 Å². The van der Waals surface area contributed by atoms with Crippen LogP contribution in [0.25, 0.3) is 5.95 Å². The number of rotatable bonds is 6. The molecule has 17 heteroatoms. The number of amides is 2. The van der Waals surface area contributed by atoms with Gasteiger partial charge >= 0.3 is 18.4 Å². The van der Waals surface area contributed by atoms with Crippen LogP contribution >= 0.6 is 0 Å². The Hall–Kier alpha value is -4.05. The zero-order valence-corrected chi connectivity index (χ0v) is 16.8. The number of urea groups is 1. The Morgan fingerprint density at radius 3 is 2.38 bits per heavy atom. The van der Waals surface area contributed by atoms with E-state index in [9.17, 15) is 35.5 Å². The molecule has 3 rings (SSSR count). The van der Waals surface area contributed by atoms with Gasteiger partial charge in [0, 0.05) is 6.07 Å². The van der Waals surface area contributed by atoms with Gasteiger partial charge in [-0.05, 0) is 6.92 Å². The SMILES string of the molecule is CC(NC(=O)Nc1cnc(C(F)(F)F)cc1OCC(F)(F)F)c1ncnn1-c1ncc(F)cn1. The summed E-state index contributed by atoms with van der Waals surface area (Å²) in [7, 11) is 0. The lowest BCUT2D eigenvalue weighted by Crippen LogP contribution is -2.33. The average molecular weight is 494 g/mol. The molecular formula is C17H13F7N8O2. The number of nitrogens with zero attached hydrogens (tertiary/aromatic N) is 6. The molecule has 3 aromatic rings. The molecule has 2 amide bonds. The van der Waals surface area contributed by atoms with Crippen LogP contribution in [0.1, 0.15) is 24.5 Å². The fourth-order valence-electron chi connectivity index (χ4n) is 2.50. The van der Waals surface area contributed by atoms with Crippen LogP contribution in [0.2, 0.25) is 0 Å². The van der Waals surface area contributed by atoms with Gasteiger partial charge in [0.15, 0.2) is 18.2 Å². The summed E-state index contributed by atoms with van der Waals surface area (Å²) in [4.78, 5) is 26.8. The number of ether oxygens (including phenoxy) is 1. The van der Waals surface area contributed by atoms with Crippen molar-refractivity contribution in [2.45, 2.75) is 25.3 Å². The number of halogens is 7. The molecule has 3 heterocycles.